The molecule has 0 aliphatic heterocycles. The molecule has 102 valence electrons. The molecule has 0 aliphatic carbocycles. The zero-order valence-electron chi connectivity index (χ0n) is 10.4. The zero-order chi connectivity index (χ0) is 14.2. The highest BCUT2D eigenvalue weighted by Gasteiger charge is 2.17. The van der Waals surface area contributed by atoms with Crippen LogP contribution in [0.4, 0.5) is 11.4 Å². The van der Waals surface area contributed by atoms with Crippen LogP contribution in [-0.4, -0.2) is 8.42 Å². The van der Waals surface area contributed by atoms with Crippen LogP contribution < -0.4 is 10.5 Å². The van der Waals surface area contributed by atoms with Crippen LogP contribution in [0, 0.1) is 13.8 Å². The van der Waals surface area contributed by atoms with Gasteiger partial charge in [-0.1, -0.05) is 0 Å². The van der Waals surface area contributed by atoms with Crippen molar-refractivity contribution in [3.8, 4) is 0 Å². The number of rotatable bonds is 3. The van der Waals surface area contributed by atoms with Gasteiger partial charge in [-0.15, -0.1) is 11.3 Å². The molecule has 1 aromatic heterocycles. The lowest BCUT2D eigenvalue weighted by molar-refractivity contribution is 0.603. The Hall–Kier alpha value is -1.05. The number of benzene rings is 1. The molecule has 0 radical (unpaired) electrons. The molecular formula is C12H13BrN2O2S2. The Morgan fingerprint density at radius 1 is 1.21 bits per heavy atom. The molecule has 7 heteroatoms. The van der Waals surface area contributed by atoms with E-state index >= 15 is 0 Å². The van der Waals surface area contributed by atoms with Gasteiger partial charge in [0, 0.05) is 5.69 Å². The number of halogens is 1. The van der Waals surface area contributed by atoms with Gasteiger partial charge in [-0.25, -0.2) is 8.42 Å². The fourth-order valence-corrected chi connectivity index (χ4v) is 4.72. The van der Waals surface area contributed by atoms with E-state index in [9.17, 15) is 8.42 Å². The molecule has 0 fully saturated rings. The Bertz CT molecular complexity index is 723. The van der Waals surface area contributed by atoms with Gasteiger partial charge in [0.25, 0.3) is 10.0 Å². The number of nitrogens with two attached hydrogens (primary N) is 1. The average Bonchev–Trinajstić information content (AvgIpc) is 2.73. The van der Waals surface area contributed by atoms with Crippen LogP contribution in [0.1, 0.15) is 11.1 Å². The number of hydrogen-bond donors (Lipinski definition) is 2. The second-order valence-electron chi connectivity index (χ2n) is 4.19. The first-order chi connectivity index (χ1) is 8.79. The minimum absolute atomic E-state index is 0.272. The third-order valence-corrected chi connectivity index (χ3v) is 6.15. The first-order valence-electron chi connectivity index (χ1n) is 5.44. The molecule has 2 aromatic rings. The Morgan fingerprint density at radius 3 is 2.47 bits per heavy atom. The van der Waals surface area contributed by atoms with Gasteiger partial charge in [0.2, 0.25) is 0 Å². The summed E-state index contributed by atoms with van der Waals surface area (Å²) in [5.74, 6) is 0. The highest BCUT2D eigenvalue weighted by atomic mass is 79.9. The maximum absolute atomic E-state index is 12.2. The molecule has 2 rings (SSSR count). The monoisotopic (exact) mass is 360 g/mol. The molecule has 0 atom stereocenters. The van der Waals surface area contributed by atoms with Crippen molar-refractivity contribution < 1.29 is 8.42 Å². The van der Waals surface area contributed by atoms with Gasteiger partial charge in [0.1, 0.15) is 4.21 Å². The molecule has 0 aliphatic rings. The Morgan fingerprint density at radius 2 is 1.89 bits per heavy atom. The number of hydrogen-bond acceptors (Lipinski definition) is 4. The maximum Gasteiger partial charge on any atom is 0.271 e. The summed E-state index contributed by atoms with van der Waals surface area (Å²) in [6, 6.07) is 6.78. The lowest BCUT2D eigenvalue weighted by Gasteiger charge is -2.11. The third-order valence-electron chi connectivity index (χ3n) is 2.67. The number of anilines is 2. The highest BCUT2D eigenvalue weighted by molar-refractivity contribution is 9.11. The molecule has 0 bridgehead atoms. The van der Waals surface area contributed by atoms with E-state index in [-0.39, 0.29) is 4.21 Å². The van der Waals surface area contributed by atoms with Gasteiger partial charge < -0.3 is 5.73 Å². The van der Waals surface area contributed by atoms with Crippen molar-refractivity contribution in [1.82, 2.24) is 0 Å². The van der Waals surface area contributed by atoms with Gasteiger partial charge >= 0.3 is 0 Å². The molecule has 0 spiro atoms. The number of nitrogens with one attached hydrogen (secondary N) is 1. The summed E-state index contributed by atoms with van der Waals surface area (Å²) in [7, 11) is -3.55. The average molecular weight is 361 g/mol. The van der Waals surface area contributed by atoms with Gasteiger partial charge in [-0.05, 0) is 65.2 Å². The van der Waals surface area contributed by atoms with E-state index in [0.717, 1.165) is 14.9 Å². The van der Waals surface area contributed by atoms with Crippen LogP contribution in [-0.2, 0) is 10.0 Å². The van der Waals surface area contributed by atoms with E-state index in [1.807, 2.05) is 13.8 Å². The number of thiophene rings is 1. The number of nitrogen functional groups attached to an aromatic ring is 1. The SMILES string of the molecule is Cc1cc(NS(=O)(=O)c2ccc(Br)s2)c(C)cc1N. The molecule has 1 aromatic carbocycles. The molecule has 0 saturated heterocycles. The summed E-state index contributed by atoms with van der Waals surface area (Å²) < 4.78 is 28.1. The van der Waals surface area contributed by atoms with Crippen molar-refractivity contribution in [2.24, 2.45) is 0 Å². The maximum atomic E-state index is 12.2. The van der Waals surface area contributed by atoms with Crippen molar-refractivity contribution in [3.63, 3.8) is 0 Å². The van der Waals surface area contributed by atoms with Gasteiger partial charge in [-0.3, -0.25) is 4.72 Å². The predicted molar refractivity (Wildman–Crippen MR) is 83.2 cm³/mol. The second kappa shape index (κ2) is 5.15. The Kier molecular flexibility index (Phi) is 3.89. The van der Waals surface area contributed by atoms with Gasteiger partial charge in [0.05, 0.1) is 9.47 Å². The van der Waals surface area contributed by atoms with E-state index in [2.05, 4.69) is 20.7 Å². The lowest BCUT2D eigenvalue weighted by atomic mass is 10.1. The minimum Gasteiger partial charge on any atom is -0.399 e. The fraction of sp³-hybridized carbons (Fsp3) is 0.167. The van der Waals surface area contributed by atoms with Crippen LogP contribution in [0.3, 0.4) is 0 Å². The first kappa shape index (κ1) is 14.4. The third kappa shape index (κ3) is 3.10. The number of sulfonamides is 1. The minimum atomic E-state index is -3.55. The Balaban J connectivity index is 2.38. The molecule has 0 saturated carbocycles. The quantitative estimate of drug-likeness (QED) is 0.822. The summed E-state index contributed by atoms with van der Waals surface area (Å²) in [5, 5.41) is 0. The van der Waals surface area contributed by atoms with Crippen molar-refractivity contribution >= 4 is 48.7 Å². The van der Waals surface area contributed by atoms with Crippen molar-refractivity contribution in [3.05, 3.63) is 39.2 Å². The van der Waals surface area contributed by atoms with Gasteiger partial charge in [-0.2, -0.15) is 0 Å². The van der Waals surface area contributed by atoms with Crippen LogP contribution in [0.2, 0.25) is 0 Å². The summed E-state index contributed by atoms with van der Waals surface area (Å²) in [4.78, 5) is 0. The summed E-state index contributed by atoms with van der Waals surface area (Å²) in [6.07, 6.45) is 0. The smallest absolute Gasteiger partial charge is 0.271 e. The van der Waals surface area contributed by atoms with E-state index in [1.54, 1.807) is 24.3 Å². The van der Waals surface area contributed by atoms with E-state index in [0.29, 0.717) is 11.4 Å². The molecular weight excluding hydrogens is 348 g/mol. The lowest BCUT2D eigenvalue weighted by Crippen LogP contribution is -2.12. The summed E-state index contributed by atoms with van der Waals surface area (Å²) in [5.41, 5.74) is 8.63. The van der Waals surface area contributed by atoms with Crippen LogP contribution in [0.15, 0.2) is 32.3 Å². The Labute approximate surface area is 124 Å². The molecule has 1 heterocycles. The van der Waals surface area contributed by atoms with Crippen molar-refractivity contribution in [1.29, 1.82) is 0 Å². The predicted octanol–water partition coefficient (Wildman–Crippen LogP) is 3.51. The molecule has 19 heavy (non-hydrogen) atoms. The second-order valence-corrected chi connectivity index (χ2v) is 8.56. The molecule has 4 nitrogen and oxygen atoms in total. The summed E-state index contributed by atoms with van der Waals surface area (Å²) in [6.45, 7) is 3.66. The molecule has 0 amide bonds. The van der Waals surface area contributed by atoms with E-state index < -0.39 is 10.0 Å². The van der Waals surface area contributed by atoms with Crippen LogP contribution in [0.25, 0.3) is 0 Å². The van der Waals surface area contributed by atoms with Crippen LogP contribution in [0.5, 0.6) is 0 Å². The van der Waals surface area contributed by atoms with E-state index in [4.69, 9.17) is 5.73 Å². The normalized spacial score (nSPS) is 11.5. The van der Waals surface area contributed by atoms with Gasteiger partial charge in [0.15, 0.2) is 0 Å². The summed E-state index contributed by atoms with van der Waals surface area (Å²) >= 11 is 4.42. The molecule has 3 N–H and O–H groups in total. The fourth-order valence-electron chi connectivity index (χ4n) is 1.59. The first-order valence-corrected chi connectivity index (χ1v) is 8.54. The zero-order valence-corrected chi connectivity index (χ0v) is 13.6. The van der Waals surface area contributed by atoms with Crippen molar-refractivity contribution in [2.45, 2.75) is 18.1 Å². The number of aryl methyl sites for hydroxylation is 2. The van der Waals surface area contributed by atoms with Crippen molar-refractivity contribution in [2.75, 3.05) is 10.5 Å². The standard InChI is InChI=1S/C12H13BrN2O2S2/c1-7-6-10(8(2)5-9(7)14)15-19(16,17)12-4-3-11(13)18-12/h3-6,15H,14H2,1-2H3. The topological polar surface area (TPSA) is 72.2 Å². The van der Waals surface area contributed by atoms with Crippen LogP contribution >= 0.6 is 27.3 Å². The highest BCUT2D eigenvalue weighted by Crippen LogP contribution is 2.29. The molecule has 0 unspecified atom stereocenters. The largest absolute Gasteiger partial charge is 0.399 e. The van der Waals surface area contributed by atoms with E-state index in [1.165, 1.54) is 11.3 Å².